The largest absolute Gasteiger partial charge is 0.463 e. The molecule has 10 nitrogen and oxygen atoms in total. The molecule has 1 aliphatic heterocycles. The average molecular weight is 550 g/mol. The van der Waals surface area contributed by atoms with Gasteiger partial charge in [0.25, 0.3) is 5.78 Å². The predicted molar refractivity (Wildman–Crippen MR) is 144 cm³/mol. The Morgan fingerprint density at radius 2 is 1.62 bits per heavy atom. The lowest BCUT2D eigenvalue weighted by molar-refractivity contribution is -0.153. The van der Waals surface area contributed by atoms with Crippen LogP contribution in [0.25, 0.3) is 0 Å². The molecule has 0 bridgehead atoms. The number of fused-ring (bicyclic) bond motifs is 1. The van der Waals surface area contributed by atoms with Crippen molar-refractivity contribution >= 4 is 29.7 Å². The molecule has 0 aromatic heterocycles. The summed E-state index contributed by atoms with van der Waals surface area (Å²) in [5.74, 6) is -2.54. The van der Waals surface area contributed by atoms with E-state index in [1.807, 2.05) is 13.8 Å². The highest BCUT2D eigenvalue weighted by Gasteiger charge is 2.69. The van der Waals surface area contributed by atoms with E-state index in [0.29, 0.717) is 6.54 Å². The first-order valence-electron chi connectivity index (χ1n) is 14.3. The number of Topliss-reactive ketones (excluding diaryl/α,β-unsaturated/α-hetero) is 1. The number of hydrogen-bond acceptors (Lipinski definition) is 7. The lowest BCUT2D eigenvalue weighted by Crippen LogP contribution is -2.59. The van der Waals surface area contributed by atoms with Crippen LogP contribution in [0, 0.1) is 29.1 Å². The molecule has 0 radical (unpaired) electrons. The third-order valence-electron chi connectivity index (χ3n) is 8.55. The van der Waals surface area contributed by atoms with E-state index in [9.17, 15) is 24.0 Å². The monoisotopic (exact) mass is 549 g/mol. The molecular formula is C29H47N3O7. The summed E-state index contributed by atoms with van der Waals surface area (Å²) in [6, 6.07) is -2.65. The molecular weight excluding hydrogens is 502 g/mol. The van der Waals surface area contributed by atoms with Crippen molar-refractivity contribution in [2.75, 3.05) is 13.7 Å². The third kappa shape index (κ3) is 7.11. The number of nitrogens with zero attached hydrogens (tertiary/aromatic N) is 1. The smallest absolute Gasteiger partial charge is 0.408 e. The maximum absolute atomic E-state index is 14.1. The summed E-state index contributed by atoms with van der Waals surface area (Å²) in [5, 5.41) is 5.62. The summed E-state index contributed by atoms with van der Waals surface area (Å²) in [6.07, 6.45) is 4.25. The van der Waals surface area contributed by atoms with Gasteiger partial charge in [0.05, 0.1) is 13.2 Å². The number of methoxy groups -OCH3 is 1. The highest BCUT2D eigenvalue weighted by atomic mass is 16.6. The van der Waals surface area contributed by atoms with Gasteiger partial charge in [-0.15, -0.1) is 0 Å². The second-order valence-electron chi connectivity index (χ2n) is 13.5. The number of carbonyl (C=O) groups is 5. The van der Waals surface area contributed by atoms with Crippen molar-refractivity contribution in [2.24, 2.45) is 29.1 Å². The van der Waals surface area contributed by atoms with Gasteiger partial charge in [0, 0.05) is 6.54 Å². The molecule has 1 heterocycles. The van der Waals surface area contributed by atoms with Gasteiger partial charge in [0.1, 0.15) is 17.7 Å². The third-order valence-corrected chi connectivity index (χ3v) is 8.55. The summed E-state index contributed by atoms with van der Waals surface area (Å²) < 4.78 is 10.1. The number of hydrogen-bond donors (Lipinski definition) is 2. The van der Waals surface area contributed by atoms with Crippen LogP contribution in [-0.2, 0) is 28.7 Å². The van der Waals surface area contributed by atoms with Crippen LogP contribution in [0.1, 0.15) is 87.0 Å². The molecule has 5 atom stereocenters. The van der Waals surface area contributed by atoms with E-state index < -0.39 is 47.5 Å². The van der Waals surface area contributed by atoms with Gasteiger partial charge in [-0.25, -0.2) is 9.59 Å². The highest BCUT2D eigenvalue weighted by molar-refractivity contribution is 6.36. The molecule has 3 fully saturated rings. The zero-order chi connectivity index (χ0) is 29.3. The number of alkyl carbamates (subject to hydrolysis) is 1. The summed E-state index contributed by atoms with van der Waals surface area (Å²) in [5.41, 5.74) is -0.860. The topological polar surface area (TPSA) is 131 Å². The Morgan fingerprint density at radius 3 is 2.15 bits per heavy atom. The van der Waals surface area contributed by atoms with E-state index in [1.165, 1.54) is 0 Å². The molecule has 2 N–H and O–H groups in total. The van der Waals surface area contributed by atoms with Crippen LogP contribution in [0.15, 0.2) is 0 Å². The fraction of sp³-hybridized carbons (Fsp3) is 0.828. The summed E-state index contributed by atoms with van der Waals surface area (Å²) in [7, 11) is 1.13. The number of esters is 1. The zero-order valence-electron chi connectivity index (χ0n) is 24.8. The Morgan fingerprint density at radius 1 is 1.00 bits per heavy atom. The predicted octanol–water partition coefficient (Wildman–Crippen LogP) is 3.22. The van der Waals surface area contributed by atoms with Crippen molar-refractivity contribution in [1.82, 2.24) is 15.5 Å². The Bertz CT molecular complexity index is 964. The lowest BCUT2D eigenvalue weighted by Gasteiger charge is -2.37. The van der Waals surface area contributed by atoms with Crippen LogP contribution in [0.4, 0.5) is 4.79 Å². The quantitative estimate of drug-likeness (QED) is 0.333. The normalized spacial score (nSPS) is 25.8. The molecule has 0 spiro atoms. The van der Waals surface area contributed by atoms with Gasteiger partial charge in [0.15, 0.2) is 0 Å². The molecule has 220 valence electrons. The first-order chi connectivity index (χ1) is 18.1. The molecule has 0 aromatic carbocycles. The molecule has 1 saturated heterocycles. The van der Waals surface area contributed by atoms with Crippen LogP contribution in [-0.4, -0.2) is 71.9 Å². The number of amides is 3. The van der Waals surface area contributed by atoms with Crippen LogP contribution in [0.5, 0.6) is 0 Å². The van der Waals surface area contributed by atoms with E-state index in [1.54, 1.807) is 25.7 Å². The van der Waals surface area contributed by atoms with Crippen LogP contribution in [0.3, 0.4) is 0 Å². The summed E-state index contributed by atoms with van der Waals surface area (Å²) in [6.45, 7) is 13.6. The van der Waals surface area contributed by atoms with E-state index in [0.717, 1.165) is 39.2 Å². The SMILES string of the molecule is COC(=O)C(=O)C(CC(C)C)NC(=O)[C@@H]1C2C(CN1C(=O)[C@@H](NC(=O)OC(C)(C)C)C1CCCCC1)C2(C)C. The van der Waals surface area contributed by atoms with Gasteiger partial charge in [-0.2, -0.15) is 0 Å². The molecule has 0 aromatic rings. The van der Waals surface area contributed by atoms with Crippen molar-refractivity contribution in [2.45, 2.75) is 111 Å². The second-order valence-corrected chi connectivity index (χ2v) is 13.5. The Labute approximate surface area is 232 Å². The van der Waals surface area contributed by atoms with Crippen molar-refractivity contribution in [1.29, 1.82) is 0 Å². The van der Waals surface area contributed by atoms with Gasteiger partial charge in [-0.3, -0.25) is 14.4 Å². The Kier molecular flexibility index (Phi) is 9.38. The summed E-state index contributed by atoms with van der Waals surface area (Å²) >= 11 is 0. The first kappa shape index (κ1) is 30.9. The maximum Gasteiger partial charge on any atom is 0.408 e. The van der Waals surface area contributed by atoms with E-state index in [2.05, 4.69) is 29.2 Å². The first-order valence-corrected chi connectivity index (χ1v) is 14.3. The molecule has 2 saturated carbocycles. The molecule has 39 heavy (non-hydrogen) atoms. The van der Waals surface area contributed by atoms with Gasteiger partial charge in [-0.05, 0) is 69.1 Å². The number of rotatable bonds is 9. The second kappa shape index (κ2) is 11.8. The Hall–Kier alpha value is -2.65. The van der Waals surface area contributed by atoms with Crippen molar-refractivity contribution in [3.63, 3.8) is 0 Å². The van der Waals surface area contributed by atoms with Crippen LogP contribution >= 0.6 is 0 Å². The van der Waals surface area contributed by atoms with Crippen LogP contribution in [0.2, 0.25) is 0 Å². The van der Waals surface area contributed by atoms with Gasteiger partial charge < -0.3 is 25.0 Å². The number of likely N-dealkylation sites (tertiary alicyclic amines) is 1. The van der Waals surface area contributed by atoms with Crippen molar-refractivity contribution in [3.8, 4) is 0 Å². The summed E-state index contributed by atoms with van der Waals surface area (Å²) in [4.78, 5) is 67.0. The average Bonchev–Trinajstić information content (AvgIpc) is 3.17. The fourth-order valence-corrected chi connectivity index (χ4v) is 6.48. The van der Waals surface area contributed by atoms with Crippen LogP contribution < -0.4 is 10.6 Å². The van der Waals surface area contributed by atoms with Gasteiger partial charge in [0.2, 0.25) is 11.8 Å². The zero-order valence-corrected chi connectivity index (χ0v) is 24.8. The highest BCUT2D eigenvalue weighted by Crippen LogP contribution is 2.65. The van der Waals surface area contributed by atoms with Crippen molar-refractivity contribution in [3.05, 3.63) is 0 Å². The molecule has 10 heteroatoms. The number of ketones is 1. The van der Waals surface area contributed by atoms with Gasteiger partial charge >= 0.3 is 12.1 Å². The molecule has 3 unspecified atom stereocenters. The standard InChI is InChI=1S/C29H47N3O7/c1-16(2)14-19(23(33)26(36)38-8)30-24(34)22-20-18(29(20,6)7)15-32(22)25(35)21(17-12-10-9-11-13-17)31-27(37)39-28(3,4)5/h16-22H,9-15H2,1-8H3,(H,30,34)(H,31,37)/t18?,19?,20?,21-,22-/m0/s1. The van der Waals surface area contributed by atoms with Crippen molar-refractivity contribution < 1.29 is 33.4 Å². The molecule has 3 rings (SSSR count). The van der Waals surface area contributed by atoms with Gasteiger partial charge in [-0.1, -0.05) is 47.0 Å². The minimum Gasteiger partial charge on any atom is -0.463 e. The fourth-order valence-electron chi connectivity index (χ4n) is 6.48. The Balaban J connectivity index is 1.86. The minimum absolute atomic E-state index is 0.0315. The van der Waals surface area contributed by atoms with E-state index in [4.69, 9.17) is 4.74 Å². The maximum atomic E-state index is 14.1. The molecule has 2 aliphatic carbocycles. The minimum atomic E-state index is -1.04. The lowest BCUT2D eigenvalue weighted by atomic mass is 9.83. The number of nitrogens with one attached hydrogen (secondary N) is 2. The van der Waals surface area contributed by atoms with E-state index in [-0.39, 0.29) is 41.4 Å². The number of carbonyl (C=O) groups excluding carboxylic acids is 5. The number of piperidine rings is 1. The van der Waals surface area contributed by atoms with E-state index >= 15 is 0 Å². The molecule has 3 amide bonds. The molecule has 3 aliphatic rings. The number of ether oxygens (including phenoxy) is 2.